The molecule has 0 aliphatic carbocycles. The van der Waals surface area contributed by atoms with Crippen LogP contribution in [0.2, 0.25) is 0 Å². The largest absolute Gasteiger partial charge is 0.299 e. The molecule has 0 bridgehead atoms. The summed E-state index contributed by atoms with van der Waals surface area (Å²) in [5, 5.41) is 0. The van der Waals surface area contributed by atoms with Crippen molar-refractivity contribution in [2.45, 2.75) is 26.7 Å². The third kappa shape index (κ3) is 3.88. The minimum Gasteiger partial charge on any atom is -0.299 e. The zero-order valence-corrected chi connectivity index (χ0v) is 8.55. The number of hydrogen-bond donors (Lipinski definition) is 0. The van der Waals surface area contributed by atoms with E-state index in [2.05, 4.69) is 13.2 Å². The Bertz CT molecular complexity index is 225. The lowest BCUT2D eigenvalue weighted by Gasteiger charge is -2.20. The molecule has 0 spiro atoms. The van der Waals surface area contributed by atoms with E-state index in [1.54, 1.807) is 13.0 Å². The Labute approximate surface area is 80.8 Å². The second-order valence-electron chi connectivity index (χ2n) is 3.39. The van der Waals surface area contributed by atoms with Crippen molar-refractivity contribution in [3.05, 3.63) is 37.5 Å². The molecule has 0 aromatic heterocycles. The average molecular weight is 178 g/mol. The predicted molar refractivity (Wildman–Crippen MR) is 57.6 cm³/mol. The molecule has 0 rings (SSSR count). The number of carbonyl (C=O) groups excluding carboxylic acids is 1. The monoisotopic (exact) mass is 178 g/mol. The molecule has 72 valence electrons. The molecule has 0 radical (unpaired) electrons. The Balaban J connectivity index is 4.48. The van der Waals surface area contributed by atoms with Gasteiger partial charge in [0.1, 0.15) is 5.78 Å². The second-order valence-corrected chi connectivity index (χ2v) is 3.39. The van der Waals surface area contributed by atoms with Gasteiger partial charge in [0, 0.05) is 5.41 Å². The van der Waals surface area contributed by atoms with Gasteiger partial charge in [-0.2, -0.15) is 0 Å². The smallest absolute Gasteiger partial charge is 0.139 e. The van der Waals surface area contributed by atoms with Gasteiger partial charge in [0.25, 0.3) is 0 Å². The molecule has 0 N–H and O–H groups in total. The Morgan fingerprint density at radius 3 is 2.38 bits per heavy atom. The van der Waals surface area contributed by atoms with Crippen LogP contribution >= 0.6 is 0 Å². The van der Waals surface area contributed by atoms with Crippen LogP contribution in [0.3, 0.4) is 0 Å². The van der Waals surface area contributed by atoms with Gasteiger partial charge >= 0.3 is 0 Å². The third-order valence-electron chi connectivity index (χ3n) is 2.16. The van der Waals surface area contributed by atoms with Crippen LogP contribution < -0.4 is 0 Å². The van der Waals surface area contributed by atoms with Crippen molar-refractivity contribution in [1.82, 2.24) is 0 Å². The Morgan fingerprint density at radius 2 is 2.00 bits per heavy atom. The highest BCUT2D eigenvalue weighted by Gasteiger charge is 2.24. The maximum absolute atomic E-state index is 11.3. The standard InChI is InChI=1S/C12H18O/c1-5-7-8-10-12(4,9-6-2)11(3)13/h5-6,8,10H,1-2,7,9H2,3-4H3/b10-8+. The fraction of sp³-hybridized carbons (Fsp3) is 0.417. The Morgan fingerprint density at radius 1 is 1.38 bits per heavy atom. The quantitative estimate of drug-likeness (QED) is 0.570. The van der Waals surface area contributed by atoms with E-state index in [0.717, 1.165) is 6.42 Å². The molecule has 13 heavy (non-hydrogen) atoms. The molecular weight excluding hydrogens is 160 g/mol. The average Bonchev–Trinajstić information content (AvgIpc) is 2.05. The first kappa shape index (κ1) is 11.9. The van der Waals surface area contributed by atoms with E-state index in [9.17, 15) is 4.79 Å². The fourth-order valence-corrected chi connectivity index (χ4v) is 1.05. The van der Waals surface area contributed by atoms with Gasteiger partial charge in [0.15, 0.2) is 0 Å². The highest BCUT2D eigenvalue weighted by atomic mass is 16.1. The summed E-state index contributed by atoms with van der Waals surface area (Å²) in [5.74, 6) is 0.174. The van der Waals surface area contributed by atoms with Crippen molar-refractivity contribution < 1.29 is 4.79 Å². The number of Topliss-reactive ketones (excluding diaryl/α,β-unsaturated/α-hetero) is 1. The molecule has 0 saturated heterocycles. The predicted octanol–water partition coefficient (Wildman–Crippen LogP) is 3.29. The van der Waals surface area contributed by atoms with Crippen molar-refractivity contribution in [2.75, 3.05) is 0 Å². The minimum atomic E-state index is -0.384. The van der Waals surface area contributed by atoms with E-state index >= 15 is 0 Å². The maximum atomic E-state index is 11.3. The van der Waals surface area contributed by atoms with Gasteiger partial charge in [-0.1, -0.05) is 24.3 Å². The lowest BCUT2D eigenvalue weighted by atomic mass is 9.82. The number of allylic oxidation sites excluding steroid dienone is 4. The molecule has 0 heterocycles. The Kier molecular flexibility index (Phi) is 5.05. The normalized spacial score (nSPS) is 15.2. The molecule has 0 fully saturated rings. The summed E-state index contributed by atoms with van der Waals surface area (Å²) in [6.07, 6.45) is 9.00. The van der Waals surface area contributed by atoms with Crippen LogP contribution in [-0.2, 0) is 4.79 Å². The van der Waals surface area contributed by atoms with Crippen LogP contribution in [0.15, 0.2) is 37.5 Å². The van der Waals surface area contributed by atoms with Gasteiger partial charge in [-0.25, -0.2) is 0 Å². The number of ketones is 1. The van der Waals surface area contributed by atoms with Gasteiger partial charge in [-0.15, -0.1) is 13.2 Å². The highest BCUT2D eigenvalue weighted by molar-refractivity contribution is 5.84. The third-order valence-corrected chi connectivity index (χ3v) is 2.16. The molecule has 1 atom stereocenters. The number of carbonyl (C=O) groups is 1. The topological polar surface area (TPSA) is 17.1 Å². The lowest BCUT2D eigenvalue weighted by molar-refractivity contribution is -0.123. The summed E-state index contributed by atoms with van der Waals surface area (Å²) < 4.78 is 0. The van der Waals surface area contributed by atoms with Crippen molar-refractivity contribution in [3.63, 3.8) is 0 Å². The Hall–Kier alpha value is -1.11. The molecular formula is C12H18O. The first-order chi connectivity index (χ1) is 6.06. The van der Waals surface area contributed by atoms with E-state index in [0.29, 0.717) is 6.42 Å². The number of hydrogen-bond acceptors (Lipinski definition) is 1. The zero-order valence-electron chi connectivity index (χ0n) is 8.55. The summed E-state index contributed by atoms with van der Waals surface area (Å²) in [5.41, 5.74) is -0.384. The molecule has 0 saturated carbocycles. The second kappa shape index (κ2) is 5.52. The summed E-state index contributed by atoms with van der Waals surface area (Å²) in [6.45, 7) is 10.8. The first-order valence-electron chi connectivity index (χ1n) is 4.47. The van der Waals surface area contributed by atoms with Gasteiger partial charge in [-0.3, -0.25) is 4.79 Å². The molecule has 1 unspecified atom stereocenters. The number of rotatable bonds is 6. The van der Waals surface area contributed by atoms with E-state index in [1.807, 2.05) is 25.2 Å². The molecule has 1 nitrogen and oxygen atoms in total. The fourth-order valence-electron chi connectivity index (χ4n) is 1.05. The van der Waals surface area contributed by atoms with Crippen molar-refractivity contribution in [2.24, 2.45) is 5.41 Å². The van der Waals surface area contributed by atoms with Crippen LogP contribution in [0.4, 0.5) is 0 Å². The lowest BCUT2D eigenvalue weighted by Crippen LogP contribution is -2.21. The van der Waals surface area contributed by atoms with E-state index in [4.69, 9.17) is 0 Å². The van der Waals surface area contributed by atoms with Gasteiger partial charge in [-0.05, 0) is 26.7 Å². The van der Waals surface area contributed by atoms with Crippen LogP contribution in [0.1, 0.15) is 26.7 Å². The van der Waals surface area contributed by atoms with Crippen LogP contribution in [0.25, 0.3) is 0 Å². The van der Waals surface area contributed by atoms with Gasteiger partial charge in [0.05, 0.1) is 0 Å². The summed E-state index contributed by atoms with van der Waals surface area (Å²) in [7, 11) is 0. The van der Waals surface area contributed by atoms with Crippen molar-refractivity contribution in [1.29, 1.82) is 0 Å². The summed E-state index contributed by atoms with van der Waals surface area (Å²) >= 11 is 0. The molecule has 0 aromatic rings. The molecule has 0 aromatic carbocycles. The molecule has 0 aliphatic rings. The maximum Gasteiger partial charge on any atom is 0.139 e. The molecule has 0 amide bonds. The minimum absolute atomic E-state index is 0.174. The SMILES string of the molecule is C=CC/C=C/C(C)(CC=C)C(C)=O. The van der Waals surface area contributed by atoms with Crippen LogP contribution in [0, 0.1) is 5.41 Å². The van der Waals surface area contributed by atoms with Crippen LogP contribution in [-0.4, -0.2) is 5.78 Å². The summed E-state index contributed by atoms with van der Waals surface area (Å²) in [4.78, 5) is 11.3. The van der Waals surface area contributed by atoms with Crippen LogP contribution in [0.5, 0.6) is 0 Å². The molecule has 0 aliphatic heterocycles. The highest BCUT2D eigenvalue weighted by Crippen LogP contribution is 2.25. The van der Waals surface area contributed by atoms with E-state index in [1.165, 1.54) is 0 Å². The summed E-state index contributed by atoms with van der Waals surface area (Å²) in [6, 6.07) is 0. The molecule has 1 heteroatoms. The van der Waals surface area contributed by atoms with Crippen molar-refractivity contribution in [3.8, 4) is 0 Å². The zero-order chi connectivity index (χ0) is 10.3. The van der Waals surface area contributed by atoms with Gasteiger partial charge in [0.2, 0.25) is 0 Å². The van der Waals surface area contributed by atoms with E-state index < -0.39 is 0 Å². The van der Waals surface area contributed by atoms with Crippen molar-refractivity contribution >= 4 is 5.78 Å². The van der Waals surface area contributed by atoms with E-state index in [-0.39, 0.29) is 11.2 Å². The first-order valence-corrected chi connectivity index (χ1v) is 4.47. The van der Waals surface area contributed by atoms with Gasteiger partial charge < -0.3 is 0 Å².